The van der Waals surface area contributed by atoms with Crippen LogP contribution in [0.15, 0.2) is 12.4 Å². The van der Waals surface area contributed by atoms with Gasteiger partial charge in [0.1, 0.15) is 5.82 Å². The summed E-state index contributed by atoms with van der Waals surface area (Å²) in [4.78, 5) is 4.36. The summed E-state index contributed by atoms with van der Waals surface area (Å²) in [6.07, 6.45) is 10.7. The maximum absolute atomic E-state index is 5.63. The summed E-state index contributed by atoms with van der Waals surface area (Å²) in [6.45, 7) is 0. The third kappa shape index (κ3) is 3.47. The number of aromatic nitrogens is 2. The van der Waals surface area contributed by atoms with E-state index in [2.05, 4.69) is 10.4 Å². The van der Waals surface area contributed by atoms with Crippen LogP contribution < -0.4 is 11.3 Å². The van der Waals surface area contributed by atoms with E-state index in [0.717, 1.165) is 16.8 Å². The van der Waals surface area contributed by atoms with Crippen molar-refractivity contribution < 1.29 is 0 Å². The molecule has 1 saturated carbocycles. The molecule has 1 unspecified atom stereocenters. The highest BCUT2D eigenvalue weighted by atomic mass is 32.2. The van der Waals surface area contributed by atoms with Crippen LogP contribution in [0, 0.1) is 0 Å². The van der Waals surface area contributed by atoms with Gasteiger partial charge < -0.3 is 4.57 Å². The van der Waals surface area contributed by atoms with Crippen molar-refractivity contribution in [1.82, 2.24) is 15.0 Å². The van der Waals surface area contributed by atoms with E-state index in [1.165, 1.54) is 32.1 Å². The standard InChI is InChI=1S/C12H22N4S/c1-16-8-7-14-12(16)11(15-13)9-17-10-5-3-2-4-6-10/h7-8,10-11,15H,2-6,9,13H2,1H3. The fourth-order valence-electron chi connectivity index (χ4n) is 2.37. The van der Waals surface area contributed by atoms with Gasteiger partial charge in [-0.2, -0.15) is 11.8 Å². The molecule has 1 aliphatic rings. The summed E-state index contributed by atoms with van der Waals surface area (Å²) in [7, 11) is 2.01. The molecule has 0 amide bonds. The number of imidazole rings is 1. The summed E-state index contributed by atoms with van der Waals surface area (Å²) >= 11 is 2.04. The number of hydrogen-bond donors (Lipinski definition) is 2. The van der Waals surface area contributed by atoms with E-state index in [4.69, 9.17) is 5.84 Å². The Hall–Kier alpha value is -0.520. The second-order valence-electron chi connectivity index (χ2n) is 4.71. The van der Waals surface area contributed by atoms with Gasteiger partial charge in [0.25, 0.3) is 0 Å². The Labute approximate surface area is 107 Å². The molecule has 1 atom stereocenters. The highest BCUT2D eigenvalue weighted by molar-refractivity contribution is 7.99. The van der Waals surface area contributed by atoms with Gasteiger partial charge in [-0.05, 0) is 12.8 Å². The molecule has 2 rings (SSSR count). The Morgan fingerprint density at radius 3 is 2.88 bits per heavy atom. The fraction of sp³-hybridized carbons (Fsp3) is 0.750. The van der Waals surface area contributed by atoms with Gasteiger partial charge in [-0.1, -0.05) is 19.3 Å². The maximum atomic E-state index is 5.63. The quantitative estimate of drug-likeness (QED) is 0.623. The van der Waals surface area contributed by atoms with E-state index < -0.39 is 0 Å². The van der Waals surface area contributed by atoms with Crippen LogP contribution in [0.3, 0.4) is 0 Å². The summed E-state index contributed by atoms with van der Waals surface area (Å²) in [5, 5.41) is 0.819. The second kappa shape index (κ2) is 6.42. The number of aryl methyl sites for hydroxylation is 1. The smallest absolute Gasteiger partial charge is 0.127 e. The van der Waals surface area contributed by atoms with E-state index in [-0.39, 0.29) is 6.04 Å². The lowest BCUT2D eigenvalue weighted by molar-refractivity contribution is 0.512. The molecule has 1 aromatic rings. The molecule has 5 heteroatoms. The number of nitrogens with zero attached hydrogens (tertiary/aromatic N) is 2. The zero-order valence-electron chi connectivity index (χ0n) is 10.4. The van der Waals surface area contributed by atoms with Crippen LogP contribution in [-0.2, 0) is 7.05 Å². The Kier molecular flexibility index (Phi) is 4.88. The minimum absolute atomic E-state index is 0.155. The van der Waals surface area contributed by atoms with E-state index in [9.17, 15) is 0 Å². The van der Waals surface area contributed by atoms with Gasteiger partial charge in [0, 0.05) is 30.4 Å². The normalized spacial score (nSPS) is 19.4. The highest BCUT2D eigenvalue weighted by Crippen LogP contribution is 2.30. The zero-order chi connectivity index (χ0) is 12.1. The Bertz CT molecular complexity index is 333. The number of hydrazine groups is 1. The topological polar surface area (TPSA) is 55.9 Å². The first kappa shape index (κ1) is 12.9. The second-order valence-corrected chi connectivity index (χ2v) is 6.04. The van der Waals surface area contributed by atoms with Gasteiger partial charge in [-0.25, -0.2) is 10.4 Å². The van der Waals surface area contributed by atoms with Gasteiger partial charge in [-0.3, -0.25) is 5.84 Å². The van der Waals surface area contributed by atoms with Crippen LogP contribution in [0.2, 0.25) is 0 Å². The first-order valence-corrected chi connectivity index (χ1v) is 7.41. The molecule has 0 aromatic carbocycles. The molecule has 1 fully saturated rings. The van der Waals surface area contributed by atoms with E-state index in [1.807, 2.05) is 35.8 Å². The minimum Gasteiger partial charge on any atom is -0.337 e. The lowest BCUT2D eigenvalue weighted by atomic mass is 10.0. The Balaban J connectivity index is 1.85. The highest BCUT2D eigenvalue weighted by Gasteiger charge is 2.19. The molecular formula is C12H22N4S. The van der Waals surface area contributed by atoms with Gasteiger partial charge in [0.05, 0.1) is 6.04 Å². The van der Waals surface area contributed by atoms with Crippen LogP contribution in [0.5, 0.6) is 0 Å². The maximum Gasteiger partial charge on any atom is 0.127 e. The molecule has 4 nitrogen and oxygen atoms in total. The van der Waals surface area contributed by atoms with Crippen molar-refractivity contribution in [3.05, 3.63) is 18.2 Å². The minimum atomic E-state index is 0.155. The van der Waals surface area contributed by atoms with Crippen molar-refractivity contribution in [2.75, 3.05) is 5.75 Å². The van der Waals surface area contributed by atoms with Gasteiger partial charge in [0.15, 0.2) is 0 Å². The fourth-order valence-corrected chi connectivity index (χ4v) is 3.75. The van der Waals surface area contributed by atoms with Crippen molar-refractivity contribution in [3.8, 4) is 0 Å². The molecular weight excluding hydrogens is 232 g/mol. The predicted octanol–water partition coefficient (Wildman–Crippen LogP) is 1.99. The van der Waals surface area contributed by atoms with Gasteiger partial charge in [-0.15, -0.1) is 0 Å². The van der Waals surface area contributed by atoms with Crippen molar-refractivity contribution >= 4 is 11.8 Å². The summed E-state index contributed by atoms with van der Waals surface area (Å²) in [5.74, 6) is 7.66. The molecule has 1 aromatic heterocycles. The molecule has 1 aliphatic carbocycles. The largest absolute Gasteiger partial charge is 0.337 e. The first-order chi connectivity index (χ1) is 8.31. The number of nitrogens with one attached hydrogen (secondary N) is 1. The van der Waals surface area contributed by atoms with E-state index in [1.54, 1.807) is 0 Å². The lowest BCUT2D eigenvalue weighted by Crippen LogP contribution is -2.32. The molecule has 96 valence electrons. The molecule has 3 N–H and O–H groups in total. The van der Waals surface area contributed by atoms with Gasteiger partial charge >= 0.3 is 0 Å². The summed E-state index contributed by atoms with van der Waals surface area (Å²) in [5.41, 5.74) is 2.88. The number of rotatable bonds is 5. The summed E-state index contributed by atoms with van der Waals surface area (Å²) < 4.78 is 2.03. The molecule has 0 spiro atoms. The van der Waals surface area contributed by atoms with Crippen molar-refractivity contribution in [2.45, 2.75) is 43.4 Å². The molecule has 0 radical (unpaired) electrons. The average molecular weight is 254 g/mol. The number of thioether (sulfide) groups is 1. The molecule has 0 saturated heterocycles. The zero-order valence-corrected chi connectivity index (χ0v) is 11.2. The molecule has 0 aliphatic heterocycles. The number of hydrogen-bond acceptors (Lipinski definition) is 4. The van der Waals surface area contributed by atoms with Crippen molar-refractivity contribution in [1.29, 1.82) is 0 Å². The SMILES string of the molecule is Cn1ccnc1C(CSC1CCCCC1)NN. The van der Waals surface area contributed by atoms with E-state index in [0.29, 0.717) is 0 Å². The van der Waals surface area contributed by atoms with Crippen molar-refractivity contribution in [3.63, 3.8) is 0 Å². The van der Waals surface area contributed by atoms with Crippen LogP contribution in [-0.4, -0.2) is 20.6 Å². The predicted molar refractivity (Wildman–Crippen MR) is 72.6 cm³/mol. The summed E-state index contributed by atoms with van der Waals surface area (Å²) in [6, 6.07) is 0.155. The Morgan fingerprint density at radius 1 is 1.53 bits per heavy atom. The van der Waals surface area contributed by atoms with E-state index >= 15 is 0 Å². The molecule has 17 heavy (non-hydrogen) atoms. The lowest BCUT2D eigenvalue weighted by Gasteiger charge is -2.23. The first-order valence-electron chi connectivity index (χ1n) is 6.36. The monoisotopic (exact) mass is 254 g/mol. The van der Waals surface area contributed by atoms with Crippen LogP contribution in [0.1, 0.15) is 44.0 Å². The average Bonchev–Trinajstić information content (AvgIpc) is 2.78. The van der Waals surface area contributed by atoms with Crippen LogP contribution in [0.4, 0.5) is 0 Å². The van der Waals surface area contributed by atoms with Gasteiger partial charge in [0.2, 0.25) is 0 Å². The van der Waals surface area contributed by atoms with Crippen LogP contribution in [0.25, 0.3) is 0 Å². The third-order valence-electron chi connectivity index (χ3n) is 3.42. The molecule has 0 bridgehead atoms. The van der Waals surface area contributed by atoms with Crippen molar-refractivity contribution in [2.24, 2.45) is 12.9 Å². The Morgan fingerprint density at radius 2 is 2.29 bits per heavy atom. The number of nitrogens with two attached hydrogens (primary N) is 1. The molecule has 1 heterocycles. The van der Waals surface area contributed by atoms with Crippen LogP contribution >= 0.6 is 11.8 Å². The third-order valence-corrected chi connectivity index (χ3v) is 4.89.